The van der Waals surface area contributed by atoms with Gasteiger partial charge in [0, 0.05) is 16.3 Å². The molecule has 0 saturated carbocycles. The highest BCUT2D eigenvalue weighted by molar-refractivity contribution is 9.10. The molecule has 0 spiro atoms. The van der Waals surface area contributed by atoms with Gasteiger partial charge < -0.3 is 5.32 Å². The van der Waals surface area contributed by atoms with Gasteiger partial charge in [0.2, 0.25) is 0 Å². The maximum absolute atomic E-state index is 11.9. The van der Waals surface area contributed by atoms with Crippen LogP contribution in [0.5, 0.6) is 0 Å². The number of carbonyl (C=O) groups excluding carboxylic acids is 1. The van der Waals surface area contributed by atoms with Crippen LogP contribution in [0.4, 0.5) is 0 Å². The van der Waals surface area contributed by atoms with Gasteiger partial charge in [0.1, 0.15) is 0 Å². The van der Waals surface area contributed by atoms with E-state index in [0.29, 0.717) is 17.4 Å². The summed E-state index contributed by atoms with van der Waals surface area (Å²) in [6.07, 6.45) is 2.04. The fraction of sp³-hybridized carbons (Fsp3) is 0.417. The first-order valence-electron chi connectivity index (χ1n) is 5.12. The summed E-state index contributed by atoms with van der Waals surface area (Å²) in [5.41, 5.74) is 1.78. The molecule has 1 atom stereocenters. The van der Waals surface area contributed by atoms with Gasteiger partial charge in [-0.05, 0) is 40.7 Å². The van der Waals surface area contributed by atoms with E-state index in [0.717, 1.165) is 10.0 Å². The lowest BCUT2D eigenvalue weighted by molar-refractivity contribution is 0.0953. The molecule has 0 aliphatic rings. The molecule has 16 heavy (non-hydrogen) atoms. The van der Waals surface area contributed by atoms with Crippen molar-refractivity contribution in [3.8, 4) is 0 Å². The van der Waals surface area contributed by atoms with Gasteiger partial charge in [0.05, 0.1) is 5.56 Å². The molecule has 1 rings (SSSR count). The molecule has 0 aliphatic carbocycles. The van der Waals surface area contributed by atoms with Crippen molar-refractivity contribution >= 4 is 33.6 Å². The number of aryl methyl sites for hydroxylation is 1. The molecule has 2 nitrogen and oxygen atoms in total. The van der Waals surface area contributed by atoms with Crippen molar-refractivity contribution in [1.82, 2.24) is 5.32 Å². The zero-order valence-electron chi connectivity index (χ0n) is 9.71. The standard InChI is InChI=1S/C12H16BrNOS/c1-8-5-4-6-10(11(8)13)12(15)14-7-9(2)16-3/h4-6,9H,7H2,1-3H3,(H,14,15). The summed E-state index contributed by atoms with van der Waals surface area (Å²) in [7, 11) is 0. The van der Waals surface area contributed by atoms with E-state index in [-0.39, 0.29) is 5.91 Å². The van der Waals surface area contributed by atoms with Crippen molar-refractivity contribution < 1.29 is 4.79 Å². The lowest BCUT2D eigenvalue weighted by atomic mass is 10.1. The minimum atomic E-state index is -0.0172. The van der Waals surface area contributed by atoms with Gasteiger partial charge in [-0.3, -0.25) is 4.79 Å². The molecule has 0 aliphatic heterocycles. The van der Waals surface area contributed by atoms with Crippen LogP contribution in [-0.2, 0) is 0 Å². The fourth-order valence-electron chi connectivity index (χ4n) is 1.24. The maximum Gasteiger partial charge on any atom is 0.252 e. The van der Waals surface area contributed by atoms with Crippen LogP contribution in [-0.4, -0.2) is 24.0 Å². The first-order chi connectivity index (χ1) is 7.56. The van der Waals surface area contributed by atoms with E-state index in [9.17, 15) is 4.79 Å². The van der Waals surface area contributed by atoms with Crippen LogP contribution in [0.15, 0.2) is 22.7 Å². The van der Waals surface area contributed by atoms with Gasteiger partial charge >= 0.3 is 0 Å². The first kappa shape index (κ1) is 13.6. The summed E-state index contributed by atoms with van der Waals surface area (Å²) in [5, 5.41) is 3.37. The number of nitrogens with one attached hydrogen (secondary N) is 1. The number of halogens is 1. The largest absolute Gasteiger partial charge is 0.351 e. The van der Waals surface area contributed by atoms with Gasteiger partial charge in [0.15, 0.2) is 0 Å². The number of rotatable bonds is 4. The molecule has 0 radical (unpaired) electrons. The van der Waals surface area contributed by atoms with Crippen molar-refractivity contribution in [1.29, 1.82) is 0 Å². The Morgan fingerprint density at radius 1 is 1.56 bits per heavy atom. The lowest BCUT2D eigenvalue weighted by Gasteiger charge is -2.11. The second-order valence-electron chi connectivity index (χ2n) is 3.69. The summed E-state index contributed by atoms with van der Waals surface area (Å²) in [4.78, 5) is 11.9. The third-order valence-electron chi connectivity index (χ3n) is 2.39. The Morgan fingerprint density at radius 3 is 2.88 bits per heavy atom. The number of hydrogen-bond donors (Lipinski definition) is 1. The van der Waals surface area contributed by atoms with Crippen molar-refractivity contribution in [2.24, 2.45) is 0 Å². The SMILES string of the molecule is CSC(C)CNC(=O)c1cccc(C)c1Br. The van der Waals surface area contributed by atoms with Crippen LogP contribution in [0.1, 0.15) is 22.8 Å². The molecule has 88 valence electrons. The van der Waals surface area contributed by atoms with Gasteiger partial charge in [-0.2, -0.15) is 11.8 Å². The van der Waals surface area contributed by atoms with E-state index in [1.54, 1.807) is 11.8 Å². The van der Waals surface area contributed by atoms with Crippen molar-refractivity contribution in [3.05, 3.63) is 33.8 Å². The average Bonchev–Trinajstić information content (AvgIpc) is 2.29. The molecule has 1 aromatic rings. The van der Waals surface area contributed by atoms with Gasteiger partial charge in [-0.25, -0.2) is 0 Å². The van der Waals surface area contributed by atoms with Crippen molar-refractivity contribution in [2.45, 2.75) is 19.1 Å². The molecular formula is C12H16BrNOS. The van der Waals surface area contributed by atoms with Crippen LogP contribution in [0.25, 0.3) is 0 Å². The number of benzene rings is 1. The maximum atomic E-state index is 11.9. The quantitative estimate of drug-likeness (QED) is 0.925. The Balaban J connectivity index is 2.70. The number of hydrogen-bond acceptors (Lipinski definition) is 2. The molecule has 0 aromatic heterocycles. The van der Waals surface area contributed by atoms with E-state index in [2.05, 4.69) is 28.2 Å². The lowest BCUT2D eigenvalue weighted by Crippen LogP contribution is -2.29. The number of carbonyl (C=O) groups is 1. The Hall–Kier alpha value is -0.480. The second kappa shape index (κ2) is 6.30. The molecule has 0 bridgehead atoms. The summed E-state index contributed by atoms with van der Waals surface area (Å²) < 4.78 is 0.879. The summed E-state index contributed by atoms with van der Waals surface area (Å²) in [6, 6.07) is 5.70. The topological polar surface area (TPSA) is 29.1 Å². The molecule has 0 saturated heterocycles. The minimum Gasteiger partial charge on any atom is -0.351 e. The van der Waals surface area contributed by atoms with Crippen molar-refractivity contribution in [2.75, 3.05) is 12.8 Å². The van der Waals surface area contributed by atoms with Gasteiger partial charge in [-0.1, -0.05) is 19.1 Å². The van der Waals surface area contributed by atoms with Crippen LogP contribution < -0.4 is 5.32 Å². The van der Waals surface area contributed by atoms with E-state index >= 15 is 0 Å². The van der Waals surface area contributed by atoms with E-state index < -0.39 is 0 Å². The van der Waals surface area contributed by atoms with Crippen LogP contribution in [0, 0.1) is 6.92 Å². The van der Waals surface area contributed by atoms with Crippen LogP contribution >= 0.6 is 27.7 Å². The monoisotopic (exact) mass is 301 g/mol. The molecule has 0 heterocycles. The fourth-order valence-corrected chi connectivity index (χ4v) is 1.93. The third kappa shape index (κ3) is 3.52. The average molecular weight is 302 g/mol. The highest BCUT2D eigenvalue weighted by atomic mass is 79.9. The third-order valence-corrected chi connectivity index (χ3v) is 4.41. The molecule has 0 fully saturated rings. The minimum absolute atomic E-state index is 0.0172. The Bertz CT molecular complexity index is 381. The normalized spacial score (nSPS) is 12.2. The summed E-state index contributed by atoms with van der Waals surface area (Å²) in [6.45, 7) is 4.77. The summed E-state index contributed by atoms with van der Waals surface area (Å²) >= 11 is 5.18. The predicted octanol–water partition coefficient (Wildman–Crippen LogP) is 3.24. The first-order valence-corrected chi connectivity index (χ1v) is 7.20. The zero-order chi connectivity index (χ0) is 12.1. The molecule has 1 aromatic carbocycles. The summed E-state index contributed by atoms with van der Waals surface area (Å²) in [5.74, 6) is -0.0172. The zero-order valence-corrected chi connectivity index (χ0v) is 12.1. The molecule has 1 unspecified atom stereocenters. The van der Waals surface area contributed by atoms with E-state index in [1.807, 2.05) is 31.4 Å². The Kier molecular flexibility index (Phi) is 5.35. The molecule has 1 amide bonds. The molecule has 4 heteroatoms. The van der Waals surface area contributed by atoms with Crippen molar-refractivity contribution in [3.63, 3.8) is 0 Å². The van der Waals surface area contributed by atoms with Crippen LogP contribution in [0.3, 0.4) is 0 Å². The smallest absolute Gasteiger partial charge is 0.252 e. The second-order valence-corrected chi connectivity index (χ2v) is 5.76. The predicted molar refractivity (Wildman–Crippen MR) is 74.2 cm³/mol. The van der Waals surface area contributed by atoms with Gasteiger partial charge in [-0.15, -0.1) is 0 Å². The highest BCUT2D eigenvalue weighted by Crippen LogP contribution is 2.20. The highest BCUT2D eigenvalue weighted by Gasteiger charge is 2.11. The molecule has 1 N–H and O–H groups in total. The number of amides is 1. The van der Waals surface area contributed by atoms with E-state index in [4.69, 9.17) is 0 Å². The van der Waals surface area contributed by atoms with Gasteiger partial charge in [0.25, 0.3) is 5.91 Å². The van der Waals surface area contributed by atoms with Crippen LogP contribution in [0.2, 0.25) is 0 Å². The Labute approximate surface area is 109 Å². The van der Waals surface area contributed by atoms with E-state index in [1.165, 1.54) is 0 Å². The Morgan fingerprint density at radius 2 is 2.25 bits per heavy atom. The molecular weight excluding hydrogens is 286 g/mol. The number of thioether (sulfide) groups is 1.